The Morgan fingerprint density at radius 2 is 2.25 bits per heavy atom. The molecule has 0 saturated carbocycles. The van der Waals surface area contributed by atoms with Gasteiger partial charge in [-0.15, -0.1) is 23.1 Å². The summed E-state index contributed by atoms with van der Waals surface area (Å²) in [5.74, 6) is 0.901. The molecule has 4 nitrogen and oxygen atoms in total. The van der Waals surface area contributed by atoms with Crippen LogP contribution in [0, 0.1) is 5.41 Å². The van der Waals surface area contributed by atoms with Crippen molar-refractivity contribution in [2.24, 2.45) is 5.41 Å². The number of carbonyl (C=O) groups is 2. The molecule has 6 heteroatoms. The molecule has 0 unspecified atom stereocenters. The lowest BCUT2D eigenvalue weighted by Gasteiger charge is -2.38. The summed E-state index contributed by atoms with van der Waals surface area (Å²) in [5.41, 5.74) is 0.120. The number of thiophene rings is 1. The smallest absolute Gasteiger partial charge is 0.232 e. The number of hydrogen-bond acceptors (Lipinski definition) is 4. The Morgan fingerprint density at radius 1 is 1.45 bits per heavy atom. The second-order valence-electron chi connectivity index (χ2n) is 5.56. The number of thioether (sulfide) groups is 1. The summed E-state index contributed by atoms with van der Waals surface area (Å²) >= 11 is 3.29. The highest BCUT2D eigenvalue weighted by atomic mass is 32.2. The van der Waals surface area contributed by atoms with Crippen molar-refractivity contribution in [3.05, 3.63) is 17.5 Å². The highest BCUT2D eigenvalue weighted by Gasteiger charge is 2.41. The van der Waals surface area contributed by atoms with Gasteiger partial charge in [0.2, 0.25) is 11.8 Å². The predicted octanol–water partition coefficient (Wildman–Crippen LogP) is 1.97. The van der Waals surface area contributed by atoms with Gasteiger partial charge in [0.05, 0.1) is 9.96 Å². The van der Waals surface area contributed by atoms with Crippen LogP contribution in [0.15, 0.2) is 21.7 Å². The number of piperidine rings is 1. The molecule has 2 saturated heterocycles. The highest BCUT2D eigenvalue weighted by Crippen LogP contribution is 2.37. The molecule has 0 atom stereocenters. The van der Waals surface area contributed by atoms with Crippen LogP contribution in [0.25, 0.3) is 0 Å². The lowest BCUT2D eigenvalue weighted by molar-refractivity contribution is -0.130. The van der Waals surface area contributed by atoms with E-state index in [-0.39, 0.29) is 17.2 Å². The summed E-state index contributed by atoms with van der Waals surface area (Å²) in [5, 5.41) is 4.95. The molecule has 0 aliphatic carbocycles. The van der Waals surface area contributed by atoms with Crippen molar-refractivity contribution in [3.63, 3.8) is 0 Å². The van der Waals surface area contributed by atoms with Crippen LogP contribution in [0.4, 0.5) is 0 Å². The molecule has 2 aliphatic rings. The normalized spacial score (nSPS) is 21.2. The fourth-order valence-corrected chi connectivity index (χ4v) is 4.59. The second kappa shape index (κ2) is 5.77. The van der Waals surface area contributed by atoms with Gasteiger partial charge in [-0.3, -0.25) is 9.59 Å². The van der Waals surface area contributed by atoms with Gasteiger partial charge < -0.3 is 10.2 Å². The molecule has 1 aromatic rings. The molecule has 1 aromatic heterocycles. The Kier molecular flexibility index (Phi) is 4.03. The number of nitrogens with zero attached hydrogens (tertiary/aromatic N) is 1. The molecule has 0 radical (unpaired) electrons. The van der Waals surface area contributed by atoms with Crippen molar-refractivity contribution in [1.82, 2.24) is 10.2 Å². The van der Waals surface area contributed by atoms with Crippen molar-refractivity contribution in [2.45, 2.75) is 23.5 Å². The monoisotopic (exact) mass is 310 g/mol. The third-order valence-corrected chi connectivity index (χ3v) is 6.32. The first-order valence-electron chi connectivity index (χ1n) is 6.88. The molecule has 108 valence electrons. The summed E-state index contributed by atoms with van der Waals surface area (Å²) in [6.07, 6.45) is 2.53. The molecule has 3 heterocycles. The Labute approximate surface area is 126 Å². The van der Waals surface area contributed by atoms with E-state index in [1.165, 1.54) is 4.21 Å². The van der Waals surface area contributed by atoms with Crippen molar-refractivity contribution in [3.8, 4) is 0 Å². The number of nitrogens with one attached hydrogen (secondary N) is 1. The van der Waals surface area contributed by atoms with Crippen LogP contribution in [-0.2, 0) is 9.59 Å². The van der Waals surface area contributed by atoms with Gasteiger partial charge >= 0.3 is 0 Å². The molecule has 3 rings (SSSR count). The molecule has 2 fully saturated rings. The number of carbonyl (C=O) groups excluding carboxylic acids is 2. The Bertz CT molecular complexity index is 493. The van der Waals surface area contributed by atoms with Gasteiger partial charge in [-0.1, -0.05) is 6.07 Å². The zero-order valence-electron chi connectivity index (χ0n) is 11.3. The van der Waals surface area contributed by atoms with E-state index >= 15 is 0 Å². The van der Waals surface area contributed by atoms with Gasteiger partial charge in [0.1, 0.15) is 0 Å². The average molecular weight is 310 g/mol. The summed E-state index contributed by atoms with van der Waals surface area (Å²) in [6.45, 7) is 2.37. The minimum atomic E-state index is 0.120. The molecule has 1 spiro atoms. The fraction of sp³-hybridized carbons (Fsp3) is 0.571. The summed E-state index contributed by atoms with van der Waals surface area (Å²) in [7, 11) is 0. The van der Waals surface area contributed by atoms with Crippen molar-refractivity contribution in [1.29, 1.82) is 0 Å². The molecule has 0 aromatic carbocycles. The Morgan fingerprint density at radius 3 is 2.85 bits per heavy atom. The van der Waals surface area contributed by atoms with E-state index < -0.39 is 0 Å². The molecule has 2 aliphatic heterocycles. The zero-order chi connectivity index (χ0) is 14.0. The standard InChI is InChI=1S/C14H18N2O2S2/c17-11-8-14(10-15-11)3-5-16(6-4-14)12(18)9-20-13-2-1-7-19-13/h1-2,7H,3-6,8-10H2,(H,15,17). The third kappa shape index (κ3) is 3.01. The lowest BCUT2D eigenvalue weighted by Crippen LogP contribution is -2.44. The SMILES string of the molecule is O=C1CC2(CCN(C(=O)CSc3cccs3)CC2)CN1. The highest BCUT2D eigenvalue weighted by molar-refractivity contribution is 8.01. The maximum atomic E-state index is 12.2. The number of rotatable bonds is 3. The summed E-state index contributed by atoms with van der Waals surface area (Å²) in [4.78, 5) is 25.5. The largest absolute Gasteiger partial charge is 0.356 e. The van der Waals surface area contributed by atoms with Crippen LogP contribution in [0.1, 0.15) is 19.3 Å². The van der Waals surface area contributed by atoms with Gasteiger partial charge in [-0.25, -0.2) is 0 Å². The second-order valence-corrected chi connectivity index (χ2v) is 7.78. The first-order chi connectivity index (χ1) is 9.67. The lowest BCUT2D eigenvalue weighted by atomic mass is 9.78. The van der Waals surface area contributed by atoms with E-state index in [1.807, 2.05) is 22.4 Å². The van der Waals surface area contributed by atoms with E-state index in [2.05, 4.69) is 5.32 Å². The first-order valence-corrected chi connectivity index (χ1v) is 8.74. The Balaban J connectivity index is 1.48. The number of likely N-dealkylation sites (tertiary alicyclic amines) is 1. The first kappa shape index (κ1) is 13.9. The van der Waals surface area contributed by atoms with Crippen LogP contribution in [0.2, 0.25) is 0 Å². The molecule has 0 bridgehead atoms. The third-order valence-electron chi connectivity index (χ3n) is 4.21. The molecule has 2 amide bonds. The van der Waals surface area contributed by atoms with Crippen LogP contribution >= 0.6 is 23.1 Å². The molecular weight excluding hydrogens is 292 g/mol. The molecular formula is C14H18N2O2S2. The van der Waals surface area contributed by atoms with E-state index in [9.17, 15) is 9.59 Å². The van der Waals surface area contributed by atoms with Crippen molar-refractivity contribution in [2.75, 3.05) is 25.4 Å². The van der Waals surface area contributed by atoms with Crippen LogP contribution in [0.5, 0.6) is 0 Å². The summed E-state index contributed by atoms with van der Waals surface area (Å²) in [6, 6.07) is 4.05. The molecule has 1 N–H and O–H groups in total. The maximum Gasteiger partial charge on any atom is 0.232 e. The van der Waals surface area contributed by atoms with Crippen molar-refractivity contribution >= 4 is 34.9 Å². The fourth-order valence-electron chi connectivity index (χ4n) is 2.91. The van der Waals surface area contributed by atoms with Crippen molar-refractivity contribution < 1.29 is 9.59 Å². The number of amides is 2. The van der Waals surface area contributed by atoms with Gasteiger partial charge in [-0.2, -0.15) is 0 Å². The quantitative estimate of drug-likeness (QED) is 0.869. The van der Waals surface area contributed by atoms with Crippen LogP contribution in [-0.4, -0.2) is 42.1 Å². The topological polar surface area (TPSA) is 49.4 Å². The van der Waals surface area contributed by atoms with E-state index in [4.69, 9.17) is 0 Å². The van der Waals surface area contributed by atoms with E-state index in [0.717, 1.165) is 32.5 Å². The predicted molar refractivity (Wildman–Crippen MR) is 80.9 cm³/mol. The van der Waals surface area contributed by atoms with Crippen LogP contribution < -0.4 is 5.32 Å². The minimum Gasteiger partial charge on any atom is -0.356 e. The van der Waals surface area contributed by atoms with E-state index in [1.54, 1.807) is 23.1 Å². The van der Waals surface area contributed by atoms with Gasteiger partial charge in [0.25, 0.3) is 0 Å². The number of hydrogen-bond donors (Lipinski definition) is 1. The van der Waals surface area contributed by atoms with E-state index in [0.29, 0.717) is 12.2 Å². The van der Waals surface area contributed by atoms with Gasteiger partial charge in [0.15, 0.2) is 0 Å². The Hall–Kier alpha value is -1.01. The molecule has 20 heavy (non-hydrogen) atoms. The minimum absolute atomic E-state index is 0.120. The zero-order valence-corrected chi connectivity index (χ0v) is 12.9. The van der Waals surface area contributed by atoms with Gasteiger partial charge in [-0.05, 0) is 29.7 Å². The average Bonchev–Trinajstić information content (AvgIpc) is 3.08. The van der Waals surface area contributed by atoms with Crippen LogP contribution in [0.3, 0.4) is 0 Å². The maximum absolute atomic E-state index is 12.2. The summed E-state index contributed by atoms with van der Waals surface area (Å²) < 4.78 is 1.19. The van der Waals surface area contributed by atoms with Gasteiger partial charge in [0, 0.05) is 26.1 Å².